The Kier molecular flexibility index (Phi) is 4.00. The van der Waals surface area contributed by atoms with Crippen molar-refractivity contribution in [3.8, 4) is 0 Å². The number of nitrogens with one attached hydrogen (secondary N) is 1. The maximum atomic E-state index is 3.57. The highest BCUT2D eigenvalue weighted by Crippen LogP contribution is 2.16. The molecule has 0 amide bonds. The first-order valence-electron chi connectivity index (χ1n) is 6.41. The predicted octanol–water partition coefficient (Wildman–Crippen LogP) is 0.764. The molecule has 2 aliphatic heterocycles. The first-order valence-corrected chi connectivity index (χ1v) is 6.41. The van der Waals surface area contributed by atoms with Gasteiger partial charge < -0.3 is 10.2 Å². The Balaban J connectivity index is 1.85. The van der Waals surface area contributed by atoms with E-state index in [4.69, 9.17) is 0 Å². The third kappa shape index (κ3) is 3.16. The van der Waals surface area contributed by atoms with Gasteiger partial charge in [0.1, 0.15) is 0 Å². The van der Waals surface area contributed by atoms with Crippen LogP contribution in [0.3, 0.4) is 0 Å². The van der Waals surface area contributed by atoms with Crippen LogP contribution in [0.1, 0.15) is 26.2 Å². The number of likely N-dealkylation sites (tertiary alicyclic amines) is 1. The zero-order valence-corrected chi connectivity index (χ0v) is 10.2. The number of likely N-dealkylation sites (N-methyl/N-ethyl adjacent to an activating group) is 1. The number of hydrogen-bond acceptors (Lipinski definition) is 3. The molecular weight excluding hydrogens is 186 g/mol. The van der Waals surface area contributed by atoms with Crippen molar-refractivity contribution in [1.29, 1.82) is 0 Å². The molecule has 2 aliphatic rings. The number of rotatable bonds is 1. The first-order chi connectivity index (χ1) is 7.25. The van der Waals surface area contributed by atoms with E-state index in [-0.39, 0.29) is 0 Å². The van der Waals surface area contributed by atoms with E-state index < -0.39 is 0 Å². The van der Waals surface area contributed by atoms with Gasteiger partial charge in [-0.1, -0.05) is 0 Å². The van der Waals surface area contributed by atoms with Crippen LogP contribution >= 0.6 is 0 Å². The maximum Gasteiger partial charge on any atom is 0.0224 e. The van der Waals surface area contributed by atoms with E-state index >= 15 is 0 Å². The van der Waals surface area contributed by atoms with Gasteiger partial charge in [-0.15, -0.1) is 0 Å². The molecule has 88 valence electrons. The number of hydrogen-bond donors (Lipinski definition) is 1. The second-order valence-corrected chi connectivity index (χ2v) is 5.24. The fraction of sp³-hybridized carbons (Fsp3) is 1.00. The van der Waals surface area contributed by atoms with Crippen LogP contribution in [0.4, 0.5) is 0 Å². The fourth-order valence-corrected chi connectivity index (χ4v) is 2.83. The minimum absolute atomic E-state index is 0.705. The van der Waals surface area contributed by atoms with Crippen molar-refractivity contribution in [1.82, 2.24) is 15.1 Å². The summed E-state index contributed by atoms with van der Waals surface area (Å²) in [5.74, 6) is 0. The van der Waals surface area contributed by atoms with Crippen LogP contribution in [0, 0.1) is 0 Å². The zero-order valence-electron chi connectivity index (χ0n) is 10.2. The smallest absolute Gasteiger partial charge is 0.0224 e. The summed E-state index contributed by atoms with van der Waals surface area (Å²) in [6, 6.07) is 1.52. The molecule has 3 heteroatoms. The molecule has 2 rings (SSSR count). The zero-order chi connectivity index (χ0) is 10.7. The van der Waals surface area contributed by atoms with E-state index in [1.165, 1.54) is 52.0 Å². The SMILES string of the molecule is CC1CCN(C2CCCN(C)C2)CCN1. The molecule has 0 saturated carbocycles. The maximum absolute atomic E-state index is 3.57. The van der Waals surface area contributed by atoms with Crippen molar-refractivity contribution >= 4 is 0 Å². The summed E-state index contributed by atoms with van der Waals surface area (Å²) in [7, 11) is 2.25. The molecule has 2 atom stereocenters. The van der Waals surface area contributed by atoms with E-state index in [9.17, 15) is 0 Å². The minimum atomic E-state index is 0.705. The molecule has 0 aromatic carbocycles. The highest BCUT2D eigenvalue weighted by atomic mass is 15.2. The Labute approximate surface area is 93.8 Å². The van der Waals surface area contributed by atoms with E-state index in [1.54, 1.807) is 0 Å². The molecule has 15 heavy (non-hydrogen) atoms. The molecule has 0 aliphatic carbocycles. The summed E-state index contributed by atoms with van der Waals surface area (Å²) in [5.41, 5.74) is 0. The number of piperidine rings is 1. The van der Waals surface area contributed by atoms with Crippen LogP contribution in [0.15, 0.2) is 0 Å². The highest BCUT2D eigenvalue weighted by Gasteiger charge is 2.24. The van der Waals surface area contributed by atoms with Crippen molar-refractivity contribution in [3.63, 3.8) is 0 Å². The molecule has 2 saturated heterocycles. The third-order valence-corrected chi connectivity index (χ3v) is 3.86. The Morgan fingerprint density at radius 2 is 2.00 bits per heavy atom. The van der Waals surface area contributed by atoms with E-state index in [0.717, 1.165) is 6.04 Å². The van der Waals surface area contributed by atoms with E-state index in [0.29, 0.717) is 6.04 Å². The topological polar surface area (TPSA) is 18.5 Å². The molecule has 2 heterocycles. The lowest BCUT2D eigenvalue weighted by molar-refractivity contribution is 0.117. The van der Waals surface area contributed by atoms with Gasteiger partial charge in [-0.2, -0.15) is 0 Å². The van der Waals surface area contributed by atoms with E-state index in [1.807, 2.05) is 0 Å². The third-order valence-electron chi connectivity index (χ3n) is 3.86. The molecule has 2 unspecified atom stereocenters. The van der Waals surface area contributed by atoms with Gasteiger partial charge in [-0.25, -0.2) is 0 Å². The second kappa shape index (κ2) is 5.28. The summed E-state index contributed by atoms with van der Waals surface area (Å²) in [5, 5.41) is 3.57. The normalized spacial score (nSPS) is 36.4. The van der Waals surface area contributed by atoms with Crippen molar-refractivity contribution in [2.24, 2.45) is 0 Å². The minimum Gasteiger partial charge on any atom is -0.313 e. The quantitative estimate of drug-likeness (QED) is 0.691. The Morgan fingerprint density at radius 1 is 1.13 bits per heavy atom. The van der Waals surface area contributed by atoms with E-state index in [2.05, 4.69) is 29.1 Å². The van der Waals surface area contributed by atoms with Crippen LogP contribution in [0.25, 0.3) is 0 Å². The van der Waals surface area contributed by atoms with Crippen molar-refractivity contribution in [3.05, 3.63) is 0 Å². The van der Waals surface area contributed by atoms with Crippen LogP contribution in [-0.4, -0.2) is 61.7 Å². The van der Waals surface area contributed by atoms with Crippen LogP contribution in [0.5, 0.6) is 0 Å². The largest absolute Gasteiger partial charge is 0.313 e. The summed E-state index contributed by atoms with van der Waals surface area (Å²) in [6.07, 6.45) is 4.08. The second-order valence-electron chi connectivity index (χ2n) is 5.24. The van der Waals surface area contributed by atoms with Crippen molar-refractivity contribution < 1.29 is 0 Å². The van der Waals surface area contributed by atoms with Crippen molar-refractivity contribution in [2.45, 2.75) is 38.3 Å². The Bertz CT molecular complexity index is 195. The van der Waals surface area contributed by atoms with Gasteiger partial charge in [0.25, 0.3) is 0 Å². The van der Waals surface area contributed by atoms with Gasteiger partial charge in [0.2, 0.25) is 0 Å². The van der Waals surface area contributed by atoms with Crippen LogP contribution in [0.2, 0.25) is 0 Å². The molecule has 3 nitrogen and oxygen atoms in total. The average Bonchev–Trinajstić information content (AvgIpc) is 2.43. The van der Waals surface area contributed by atoms with Gasteiger partial charge in [-0.3, -0.25) is 4.90 Å². The first kappa shape index (κ1) is 11.4. The molecule has 2 fully saturated rings. The molecule has 1 N–H and O–H groups in total. The lowest BCUT2D eigenvalue weighted by Gasteiger charge is -2.37. The van der Waals surface area contributed by atoms with Crippen LogP contribution < -0.4 is 5.32 Å². The van der Waals surface area contributed by atoms with Gasteiger partial charge in [0, 0.05) is 38.3 Å². The summed E-state index contributed by atoms with van der Waals surface area (Å²) in [6.45, 7) is 8.56. The fourth-order valence-electron chi connectivity index (χ4n) is 2.83. The highest BCUT2D eigenvalue weighted by molar-refractivity contribution is 4.82. The lowest BCUT2D eigenvalue weighted by Crippen LogP contribution is -2.47. The molecule has 0 bridgehead atoms. The average molecular weight is 211 g/mol. The molecule has 0 aromatic heterocycles. The van der Waals surface area contributed by atoms with Crippen molar-refractivity contribution in [2.75, 3.05) is 39.8 Å². The lowest BCUT2D eigenvalue weighted by atomic mass is 10.0. The predicted molar refractivity (Wildman–Crippen MR) is 64.2 cm³/mol. The van der Waals surface area contributed by atoms with Gasteiger partial charge in [-0.05, 0) is 39.8 Å². The van der Waals surface area contributed by atoms with Crippen LogP contribution in [-0.2, 0) is 0 Å². The van der Waals surface area contributed by atoms with Gasteiger partial charge >= 0.3 is 0 Å². The molecule has 0 spiro atoms. The van der Waals surface area contributed by atoms with Gasteiger partial charge in [0.15, 0.2) is 0 Å². The van der Waals surface area contributed by atoms with Gasteiger partial charge in [0.05, 0.1) is 0 Å². The monoisotopic (exact) mass is 211 g/mol. The standard InChI is InChI=1S/C12H25N3/c1-11-5-8-15(9-6-13-11)12-4-3-7-14(2)10-12/h11-13H,3-10H2,1-2H3. The summed E-state index contributed by atoms with van der Waals surface area (Å²) < 4.78 is 0. The Hall–Kier alpha value is -0.120. The molecule has 0 radical (unpaired) electrons. The Morgan fingerprint density at radius 3 is 2.80 bits per heavy atom. The number of nitrogens with zero attached hydrogens (tertiary/aromatic N) is 2. The molecular formula is C12H25N3. The molecule has 0 aromatic rings. The summed E-state index contributed by atoms with van der Waals surface area (Å²) in [4.78, 5) is 5.18. The summed E-state index contributed by atoms with van der Waals surface area (Å²) >= 11 is 0.